The average Bonchev–Trinajstić information content (AvgIpc) is 2.36. The Balaban J connectivity index is 2.44. The normalized spacial score (nSPS) is 22.3. The lowest BCUT2D eigenvalue weighted by Gasteiger charge is -2.44. The molecular formula is C14H31N3O. The number of nitrogens with two attached hydrogens (primary N) is 1. The predicted molar refractivity (Wildman–Crippen MR) is 76.8 cm³/mol. The maximum absolute atomic E-state index is 5.96. The van der Waals surface area contributed by atoms with Crippen LogP contribution in [0.5, 0.6) is 0 Å². The molecule has 4 heteroatoms. The van der Waals surface area contributed by atoms with Crippen molar-refractivity contribution >= 4 is 0 Å². The summed E-state index contributed by atoms with van der Waals surface area (Å²) in [6, 6.07) is 0. The molecule has 0 aromatic heterocycles. The third-order valence-electron chi connectivity index (χ3n) is 4.06. The predicted octanol–water partition coefficient (Wildman–Crippen LogP) is 1.01. The van der Waals surface area contributed by atoms with Crippen LogP contribution in [0.15, 0.2) is 0 Å². The Morgan fingerprint density at radius 2 is 1.94 bits per heavy atom. The molecule has 1 atom stereocenters. The second-order valence-corrected chi connectivity index (χ2v) is 6.03. The molecule has 1 aliphatic heterocycles. The number of nitrogens with zero attached hydrogens (tertiary/aromatic N) is 2. The third-order valence-corrected chi connectivity index (χ3v) is 4.06. The van der Waals surface area contributed by atoms with E-state index in [4.69, 9.17) is 10.5 Å². The number of ether oxygens (including phenoxy) is 1. The largest absolute Gasteiger partial charge is 0.380 e. The van der Waals surface area contributed by atoms with Crippen LogP contribution in [-0.2, 0) is 4.74 Å². The molecule has 0 radical (unpaired) electrons. The minimum absolute atomic E-state index is 0.0130. The molecule has 0 saturated carbocycles. The van der Waals surface area contributed by atoms with Crippen LogP contribution in [0.4, 0.5) is 0 Å². The van der Waals surface area contributed by atoms with E-state index < -0.39 is 0 Å². The summed E-state index contributed by atoms with van der Waals surface area (Å²) in [4.78, 5) is 4.82. The van der Waals surface area contributed by atoms with Crippen molar-refractivity contribution in [3.8, 4) is 0 Å². The SMILES string of the molecule is CCOCC(C)(CN)N1CCC(CN(C)C)CC1. The zero-order valence-corrected chi connectivity index (χ0v) is 12.6. The molecule has 1 fully saturated rings. The molecule has 0 aliphatic carbocycles. The monoisotopic (exact) mass is 257 g/mol. The second-order valence-electron chi connectivity index (χ2n) is 6.03. The molecule has 0 amide bonds. The highest BCUT2D eigenvalue weighted by molar-refractivity contribution is 4.90. The third kappa shape index (κ3) is 4.50. The summed E-state index contributed by atoms with van der Waals surface area (Å²) >= 11 is 0. The Bertz CT molecular complexity index is 227. The smallest absolute Gasteiger partial charge is 0.0659 e. The zero-order valence-electron chi connectivity index (χ0n) is 12.6. The molecule has 1 unspecified atom stereocenters. The van der Waals surface area contributed by atoms with Crippen LogP contribution in [0.3, 0.4) is 0 Å². The van der Waals surface area contributed by atoms with Gasteiger partial charge in [-0.15, -0.1) is 0 Å². The summed E-state index contributed by atoms with van der Waals surface area (Å²) in [5.74, 6) is 0.838. The molecule has 1 rings (SSSR count). The van der Waals surface area contributed by atoms with Crippen molar-refractivity contribution in [2.24, 2.45) is 11.7 Å². The summed E-state index contributed by atoms with van der Waals surface area (Å²) in [6.07, 6.45) is 2.56. The second kappa shape index (κ2) is 7.43. The van der Waals surface area contributed by atoms with Crippen LogP contribution < -0.4 is 5.73 Å². The van der Waals surface area contributed by atoms with Gasteiger partial charge in [-0.2, -0.15) is 0 Å². The standard InChI is InChI=1S/C14H31N3O/c1-5-18-12-14(2,11-15)17-8-6-13(7-9-17)10-16(3)4/h13H,5-12,15H2,1-4H3. The van der Waals surface area contributed by atoms with E-state index >= 15 is 0 Å². The van der Waals surface area contributed by atoms with Crippen molar-refractivity contribution in [3.63, 3.8) is 0 Å². The van der Waals surface area contributed by atoms with E-state index in [0.29, 0.717) is 6.54 Å². The minimum Gasteiger partial charge on any atom is -0.380 e. The first kappa shape index (κ1) is 15.9. The fraction of sp³-hybridized carbons (Fsp3) is 1.00. The number of hydrogen-bond acceptors (Lipinski definition) is 4. The molecule has 0 aromatic carbocycles. The lowest BCUT2D eigenvalue weighted by molar-refractivity contribution is -0.00851. The van der Waals surface area contributed by atoms with E-state index in [9.17, 15) is 0 Å². The van der Waals surface area contributed by atoms with Crippen LogP contribution in [0.2, 0.25) is 0 Å². The summed E-state index contributed by atoms with van der Waals surface area (Å²) in [7, 11) is 4.32. The molecule has 0 aromatic rings. The van der Waals surface area contributed by atoms with Gasteiger partial charge in [-0.05, 0) is 59.8 Å². The van der Waals surface area contributed by atoms with Crippen molar-refractivity contribution < 1.29 is 4.74 Å². The number of hydrogen-bond donors (Lipinski definition) is 1. The Morgan fingerprint density at radius 1 is 1.33 bits per heavy atom. The average molecular weight is 257 g/mol. The van der Waals surface area contributed by atoms with Crippen molar-refractivity contribution in [1.29, 1.82) is 0 Å². The molecule has 1 aliphatic rings. The molecule has 0 spiro atoms. The van der Waals surface area contributed by atoms with E-state index in [1.165, 1.54) is 19.4 Å². The summed E-state index contributed by atoms with van der Waals surface area (Å²) in [5, 5.41) is 0. The zero-order chi connectivity index (χ0) is 13.6. The lowest BCUT2D eigenvalue weighted by Crippen LogP contribution is -2.57. The summed E-state index contributed by atoms with van der Waals surface area (Å²) in [6.45, 7) is 9.97. The van der Waals surface area contributed by atoms with E-state index in [1.54, 1.807) is 0 Å². The fourth-order valence-electron chi connectivity index (χ4n) is 2.77. The molecule has 1 saturated heterocycles. The van der Waals surface area contributed by atoms with E-state index in [0.717, 1.165) is 32.2 Å². The number of likely N-dealkylation sites (tertiary alicyclic amines) is 1. The van der Waals surface area contributed by atoms with Crippen molar-refractivity contribution in [2.45, 2.75) is 32.2 Å². The van der Waals surface area contributed by atoms with Gasteiger partial charge in [-0.1, -0.05) is 0 Å². The topological polar surface area (TPSA) is 41.7 Å². The molecule has 108 valence electrons. The van der Waals surface area contributed by atoms with Crippen molar-refractivity contribution in [2.75, 3.05) is 53.5 Å². The van der Waals surface area contributed by atoms with Gasteiger partial charge in [-0.3, -0.25) is 4.90 Å². The van der Waals surface area contributed by atoms with Crippen LogP contribution in [-0.4, -0.2) is 68.8 Å². The first-order valence-electron chi connectivity index (χ1n) is 7.19. The maximum atomic E-state index is 5.96. The van der Waals surface area contributed by atoms with Gasteiger partial charge in [0.05, 0.1) is 12.1 Å². The first-order chi connectivity index (χ1) is 8.51. The Kier molecular flexibility index (Phi) is 6.57. The molecule has 2 N–H and O–H groups in total. The van der Waals surface area contributed by atoms with Crippen LogP contribution in [0.25, 0.3) is 0 Å². The molecule has 1 heterocycles. The van der Waals surface area contributed by atoms with E-state index in [1.807, 2.05) is 6.92 Å². The van der Waals surface area contributed by atoms with Crippen molar-refractivity contribution in [1.82, 2.24) is 9.80 Å². The lowest BCUT2D eigenvalue weighted by atomic mass is 9.91. The molecular weight excluding hydrogens is 226 g/mol. The van der Waals surface area contributed by atoms with Gasteiger partial charge in [0.1, 0.15) is 0 Å². The quantitative estimate of drug-likeness (QED) is 0.739. The van der Waals surface area contributed by atoms with E-state index in [2.05, 4.69) is 30.8 Å². The number of piperidine rings is 1. The Hall–Kier alpha value is -0.160. The molecule has 0 bridgehead atoms. The van der Waals surface area contributed by atoms with Gasteiger partial charge in [0.25, 0.3) is 0 Å². The van der Waals surface area contributed by atoms with Gasteiger partial charge in [0.15, 0.2) is 0 Å². The Morgan fingerprint density at radius 3 is 2.39 bits per heavy atom. The van der Waals surface area contributed by atoms with Gasteiger partial charge < -0.3 is 15.4 Å². The Labute approximate surface area is 112 Å². The van der Waals surface area contributed by atoms with E-state index in [-0.39, 0.29) is 5.54 Å². The highest BCUT2D eigenvalue weighted by Gasteiger charge is 2.33. The first-order valence-corrected chi connectivity index (χ1v) is 7.19. The van der Waals surface area contributed by atoms with Gasteiger partial charge in [0, 0.05) is 19.7 Å². The highest BCUT2D eigenvalue weighted by atomic mass is 16.5. The summed E-state index contributed by atoms with van der Waals surface area (Å²) < 4.78 is 5.60. The minimum atomic E-state index is 0.0130. The van der Waals surface area contributed by atoms with Crippen LogP contribution in [0.1, 0.15) is 26.7 Å². The maximum Gasteiger partial charge on any atom is 0.0659 e. The number of rotatable bonds is 7. The van der Waals surface area contributed by atoms with Crippen LogP contribution >= 0.6 is 0 Å². The summed E-state index contributed by atoms with van der Waals surface area (Å²) in [5.41, 5.74) is 5.98. The molecule has 4 nitrogen and oxygen atoms in total. The van der Waals surface area contributed by atoms with Gasteiger partial charge in [-0.25, -0.2) is 0 Å². The fourth-order valence-corrected chi connectivity index (χ4v) is 2.77. The van der Waals surface area contributed by atoms with Gasteiger partial charge >= 0.3 is 0 Å². The molecule has 18 heavy (non-hydrogen) atoms. The van der Waals surface area contributed by atoms with Crippen molar-refractivity contribution in [3.05, 3.63) is 0 Å². The van der Waals surface area contributed by atoms with Gasteiger partial charge in [0.2, 0.25) is 0 Å². The van der Waals surface area contributed by atoms with Crippen LogP contribution in [0, 0.1) is 5.92 Å². The highest BCUT2D eigenvalue weighted by Crippen LogP contribution is 2.24.